The van der Waals surface area contributed by atoms with Crippen molar-refractivity contribution in [1.82, 2.24) is 9.80 Å². The molecule has 142 valence electrons. The maximum Gasteiger partial charge on any atom is 0.321 e. The summed E-state index contributed by atoms with van der Waals surface area (Å²) in [7, 11) is 3.45. The van der Waals surface area contributed by atoms with Gasteiger partial charge in [-0.25, -0.2) is 9.18 Å². The van der Waals surface area contributed by atoms with Crippen LogP contribution < -0.4 is 5.32 Å². The van der Waals surface area contributed by atoms with Gasteiger partial charge in [0, 0.05) is 50.8 Å². The highest BCUT2D eigenvalue weighted by molar-refractivity contribution is 6.30. The van der Waals surface area contributed by atoms with Crippen LogP contribution >= 0.6 is 11.6 Å². The number of urea groups is 1. The normalized spacial score (nSPS) is 21.7. The molecule has 1 N–H and O–H groups in total. The molecule has 8 heteroatoms. The number of hydrogen-bond acceptors (Lipinski definition) is 3. The second-order valence-corrected chi connectivity index (χ2v) is 7.63. The Morgan fingerprint density at radius 2 is 2.04 bits per heavy atom. The van der Waals surface area contributed by atoms with E-state index in [9.17, 15) is 14.0 Å². The molecule has 0 bridgehead atoms. The molecule has 1 unspecified atom stereocenters. The molecule has 2 fully saturated rings. The van der Waals surface area contributed by atoms with Gasteiger partial charge in [-0.05, 0) is 31.0 Å². The van der Waals surface area contributed by atoms with Crippen molar-refractivity contribution in [1.29, 1.82) is 0 Å². The number of benzene rings is 1. The molecule has 2 saturated heterocycles. The molecule has 1 atom stereocenters. The highest BCUT2D eigenvalue weighted by Crippen LogP contribution is 2.45. The third-order valence-corrected chi connectivity index (χ3v) is 5.57. The number of carbonyl (C=O) groups is 2. The lowest BCUT2D eigenvalue weighted by molar-refractivity contribution is -0.138. The van der Waals surface area contributed by atoms with Crippen molar-refractivity contribution in [2.45, 2.75) is 12.8 Å². The topological polar surface area (TPSA) is 61.9 Å². The van der Waals surface area contributed by atoms with Crippen LogP contribution in [0.2, 0.25) is 5.02 Å². The van der Waals surface area contributed by atoms with Crippen LogP contribution in [0.4, 0.5) is 14.9 Å². The van der Waals surface area contributed by atoms with Gasteiger partial charge < -0.3 is 19.9 Å². The van der Waals surface area contributed by atoms with Gasteiger partial charge in [0.05, 0.1) is 11.6 Å². The van der Waals surface area contributed by atoms with Gasteiger partial charge in [0.2, 0.25) is 5.91 Å². The van der Waals surface area contributed by atoms with E-state index in [0.29, 0.717) is 26.3 Å². The number of hydrogen-bond donors (Lipinski definition) is 1. The lowest BCUT2D eigenvalue weighted by Gasteiger charge is -2.37. The predicted octanol–water partition coefficient (Wildman–Crippen LogP) is 2.83. The largest absolute Gasteiger partial charge is 0.381 e. The molecule has 3 amide bonds. The minimum Gasteiger partial charge on any atom is -0.381 e. The minimum atomic E-state index is -0.591. The molecule has 26 heavy (non-hydrogen) atoms. The number of likely N-dealkylation sites (tertiary alicyclic amines) is 1. The van der Waals surface area contributed by atoms with Gasteiger partial charge in [-0.15, -0.1) is 0 Å². The van der Waals surface area contributed by atoms with E-state index < -0.39 is 11.8 Å². The van der Waals surface area contributed by atoms with Crippen molar-refractivity contribution in [3.63, 3.8) is 0 Å². The Hall–Kier alpha value is -1.86. The van der Waals surface area contributed by atoms with Crippen LogP contribution in [0, 0.1) is 17.2 Å². The molecule has 3 rings (SSSR count). The number of rotatable bonds is 2. The minimum absolute atomic E-state index is 0.0138. The quantitative estimate of drug-likeness (QED) is 0.854. The van der Waals surface area contributed by atoms with E-state index in [1.165, 1.54) is 12.1 Å². The van der Waals surface area contributed by atoms with Crippen molar-refractivity contribution in [2.24, 2.45) is 11.3 Å². The van der Waals surface area contributed by atoms with Crippen molar-refractivity contribution >= 4 is 29.2 Å². The fourth-order valence-electron chi connectivity index (χ4n) is 3.84. The van der Waals surface area contributed by atoms with Crippen LogP contribution in [-0.2, 0) is 9.53 Å². The second kappa shape index (κ2) is 7.40. The van der Waals surface area contributed by atoms with Crippen molar-refractivity contribution in [3.8, 4) is 0 Å². The first kappa shape index (κ1) is 18.9. The number of halogens is 2. The summed E-state index contributed by atoms with van der Waals surface area (Å²) in [6.07, 6.45) is 1.46. The summed E-state index contributed by atoms with van der Waals surface area (Å²) in [5, 5.41) is 2.85. The Morgan fingerprint density at radius 1 is 1.35 bits per heavy atom. The third-order valence-electron chi connectivity index (χ3n) is 5.34. The molecule has 2 aliphatic heterocycles. The zero-order chi connectivity index (χ0) is 18.9. The summed E-state index contributed by atoms with van der Waals surface area (Å²) in [5.74, 6) is -0.853. The van der Waals surface area contributed by atoms with E-state index in [0.717, 1.165) is 18.9 Å². The highest BCUT2D eigenvalue weighted by atomic mass is 35.5. The van der Waals surface area contributed by atoms with Gasteiger partial charge in [-0.3, -0.25) is 4.79 Å². The molecule has 0 radical (unpaired) electrons. The van der Waals surface area contributed by atoms with Crippen LogP contribution in [0.15, 0.2) is 18.2 Å². The predicted molar refractivity (Wildman–Crippen MR) is 96.7 cm³/mol. The van der Waals surface area contributed by atoms with Gasteiger partial charge in [0.25, 0.3) is 0 Å². The van der Waals surface area contributed by atoms with Crippen LogP contribution in [0.25, 0.3) is 0 Å². The first-order chi connectivity index (χ1) is 12.3. The number of ether oxygens (including phenoxy) is 1. The lowest BCUT2D eigenvalue weighted by Crippen LogP contribution is -2.44. The molecule has 1 aromatic carbocycles. The molecular formula is C18H23ClFN3O3. The molecule has 0 aromatic heterocycles. The first-order valence-electron chi connectivity index (χ1n) is 8.62. The molecule has 0 saturated carbocycles. The average molecular weight is 384 g/mol. The number of nitrogens with one attached hydrogen (secondary N) is 1. The summed E-state index contributed by atoms with van der Waals surface area (Å²) in [6, 6.07) is 3.69. The lowest BCUT2D eigenvalue weighted by atomic mass is 9.71. The van der Waals surface area contributed by atoms with E-state index >= 15 is 0 Å². The Kier molecular flexibility index (Phi) is 5.39. The van der Waals surface area contributed by atoms with Crippen LogP contribution in [-0.4, -0.2) is 62.1 Å². The van der Waals surface area contributed by atoms with E-state index in [-0.39, 0.29) is 28.0 Å². The molecule has 1 spiro atoms. The summed E-state index contributed by atoms with van der Waals surface area (Å²) in [4.78, 5) is 28.5. The van der Waals surface area contributed by atoms with Crippen molar-refractivity contribution in [2.75, 3.05) is 45.7 Å². The molecule has 1 aromatic rings. The molecular weight excluding hydrogens is 361 g/mol. The zero-order valence-corrected chi connectivity index (χ0v) is 15.7. The maximum atomic E-state index is 14.0. The summed E-state index contributed by atoms with van der Waals surface area (Å²) in [6.45, 7) is 1.94. The highest BCUT2D eigenvalue weighted by Gasteiger charge is 2.52. The standard InChI is InChI=1S/C18H23ClFN3O3/c1-22(2)16(24)13-10-23(11-18(13)5-7-26-8-6-18)17(25)21-15-4-3-12(19)9-14(15)20/h3-4,9,13H,5-8,10-11H2,1-2H3,(H,21,25). The van der Waals surface area contributed by atoms with Gasteiger partial charge in [-0.1, -0.05) is 11.6 Å². The van der Waals surface area contributed by atoms with E-state index in [4.69, 9.17) is 16.3 Å². The Bertz CT molecular complexity index is 707. The fraction of sp³-hybridized carbons (Fsp3) is 0.556. The van der Waals surface area contributed by atoms with Crippen LogP contribution in [0.3, 0.4) is 0 Å². The SMILES string of the molecule is CN(C)C(=O)C1CN(C(=O)Nc2ccc(Cl)cc2F)CC12CCOCC2. The van der Waals surface area contributed by atoms with Gasteiger partial charge in [-0.2, -0.15) is 0 Å². The third kappa shape index (κ3) is 3.64. The monoisotopic (exact) mass is 383 g/mol. The fourth-order valence-corrected chi connectivity index (χ4v) is 4.00. The van der Waals surface area contributed by atoms with Gasteiger partial charge in [0.15, 0.2) is 0 Å². The smallest absolute Gasteiger partial charge is 0.321 e. The molecule has 0 aliphatic carbocycles. The van der Waals surface area contributed by atoms with Crippen LogP contribution in [0.1, 0.15) is 12.8 Å². The maximum absolute atomic E-state index is 14.0. The molecule has 6 nitrogen and oxygen atoms in total. The summed E-state index contributed by atoms with van der Waals surface area (Å²) < 4.78 is 19.4. The van der Waals surface area contributed by atoms with Crippen LogP contribution in [0.5, 0.6) is 0 Å². The molecule has 2 heterocycles. The van der Waals surface area contributed by atoms with Gasteiger partial charge >= 0.3 is 6.03 Å². The number of amides is 3. The van der Waals surface area contributed by atoms with Crippen molar-refractivity contribution < 1.29 is 18.7 Å². The Labute approximate surface area is 157 Å². The Morgan fingerprint density at radius 3 is 2.65 bits per heavy atom. The zero-order valence-electron chi connectivity index (χ0n) is 14.9. The van der Waals surface area contributed by atoms with E-state index in [2.05, 4.69) is 5.32 Å². The average Bonchev–Trinajstić information content (AvgIpc) is 2.96. The number of nitrogens with zero attached hydrogens (tertiary/aromatic N) is 2. The van der Waals surface area contributed by atoms with Crippen molar-refractivity contribution in [3.05, 3.63) is 29.0 Å². The second-order valence-electron chi connectivity index (χ2n) is 7.19. The summed E-state index contributed by atoms with van der Waals surface area (Å²) in [5.41, 5.74) is -0.210. The first-order valence-corrected chi connectivity index (χ1v) is 9.00. The Balaban J connectivity index is 1.78. The number of carbonyl (C=O) groups excluding carboxylic acids is 2. The van der Waals surface area contributed by atoms with E-state index in [1.807, 2.05) is 0 Å². The molecule has 2 aliphatic rings. The summed E-state index contributed by atoms with van der Waals surface area (Å²) >= 11 is 5.74. The van der Waals surface area contributed by atoms with Gasteiger partial charge in [0.1, 0.15) is 5.82 Å². The number of anilines is 1. The van der Waals surface area contributed by atoms with E-state index in [1.54, 1.807) is 23.9 Å².